The largest absolute Gasteiger partial charge is 0.493 e. The molecule has 1 heterocycles. The second-order valence-corrected chi connectivity index (χ2v) is 5.78. The second kappa shape index (κ2) is 6.23. The molecule has 0 bridgehead atoms. The van der Waals surface area contributed by atoms with Crippen LogP contribution in [0.4, 0.5) is 0 Å². The maximum Gasteiger partial charge on any atom is 0.265 e. The number of ether oxygens (including phenoxy) is 2. The summed E-state index contributed by atoms with van der Waals surface area (Å²) in [7, 11) is 3.20. The molecule has 0 saturated carbocycles. The first-order valence-corrected chi connectivity index (χ1v) is 7.62. The van der Waals surface area contributed by atoms with E-state index in [1.54, 1.807) is 37.7 Å². The van der Waals surface area contributed by atoms with Crippen molar-refractivity contribution in [3.8, 4) is 22.1 Å². The van der Waals surface area contributed by atoms with E-state index < -0.39 is 0 Å². The number of carbonyl (C=O) groups excluding carboxylic acids is 1. The van der Waals surface area contributed by atoms with E-state index in [0.717, 1.165) is 20.8 Å². The fourth-order valence-electron chi connectivity index (χ4n) is 2.23. The van der Waals surface area contributed by atoms with E-state index >= 15 is 0 Å². The molecule has 23 heavy (non-hydrogen) atoms. The first-order valence-electron chi connectivity index (χ1n) is 6.80. The number of hydrazine groups is 1. The zero-order valence-corrected chi connectivity index (χ0v) is 13.4. The number of methoxy groups -OCH3 is 2. The molecular formula is C16H15N3O3S. The molecule has 1 amide bonds. The van der Waals surface area contributed by atoms with E-state index in [4.69, 9.17) is 15.3 Å². The van der Waals surface area contributed by atoms with Crippen molar-refractivity contribution in [2.24, 2.45) is 5.84 Å². The van der Waals surface area contributed by atoms with Gasteiger partial charge in [0.05, 0.1) is 24.4 Å². The maximum atomic E-state index is 11.5. The molecule has 0 unspecified atom stereocenters. The van der Waals surface area contributed by atoms with E-state index in [9.17, 15) is 4.79 Å². The normalized spacial score (nSPS) is 10.6. The minimum Gasteiger partial charge on any atom is -0.493 e. The van der Waals surface area contributed by atoms with Crippen LogP contribution in [0.15, 0.2) is 36.4 Å². The molecule has 0 radical (unpaired) electrons. The summed E-state index contributed by atoms with van der Waals surface area (Å²) in [5.74, 6) is 6.12. The van der Waals surface area contributed by atoms with Gasteiger partial charge in [-0.1, -0.05) is 12.1 Å². The van der Waals surface area contributed by atoms with Crippen LogP contribution in [0.5, 0.6) is 11.5 Å². The third kappa shape index (κ3) is 2.84. The van der Waals surface area contributed by atoms with Gasteiger partial charge in [0.2, 0.25) is 0 Å². The Balaban J connectivity index is 2.01. The Hall–Kier alpha value is -2.64. The number of rotatable bonds is 4. The average molecular weight is 329 g/mol. The maximum absolute atomic E-state index is 11.5. The minimum absolute atomic E-state index is 0.324. The predicted octanol–water partition coefficient (Wildman–Crippen LogP) is 2.58. The molecule has 2 aromatic carbocycles. The first kappa shape index (κ1) is 15.3. The van der Waals surface area contributed by atoms with Crippen LogP contribution in [0.1, 0.15) is 10.4 Å². The number of fused-ring (bicyclic) bond motifs is 1. The monoisotopic (exact) mass is 329 g/mol. The lowest BCUT2D eigenvalue weighted by Crippen LogP contribution is -2.29. The summed E-state index contributed by atoms with van der Waals surface area (Å²) >= 11 is 1.55. The molecule has 0 saturated heterocycles. The standard InChI is InChI=1S/C16H15N3O3S/c1-21-12-7-11-14(8-13(12)22-2)23-16(18-11)10-5-3-9(4-6-10)15(20)19-17/h3-8H,17H2,1-2H3,(H,19,20). The van der Waals surface area contributed by atoms with Crippen molar-refractivity contribution in [1.82, 2.24) is 10.4 Å². The minimum atomic E-state index is -0.324. The van der Waals surface area contributed by atoms with Gasteiger partial charge in [-0.3, -0.25) is 10.2 Å². The predicted molar refractivity (Wildman–Crippen MR) is 89.8 cm³/mol. The summed E-state index contributed by atoms with van der Waals surface area (Å²) < 4.78 is 11.6. The molecule has 0 aliphatic carbocycles. The molecule has 3 aromatic rings. The summed E-state index contributed by atoms with van der Waals surface area (Å²) in [5, 5.41) is 0.856. The molecule has 3 rings (SSSR count). The van der Waals surface area contributed by atoms with Crippen LogP contribution in [-0.4, -0.2) is 25.1 Å². The molecule has 1 aromatic heterocycles. The number of carbonyl (C=O) groups is 1. The molecule has 0 aliphatic rings. The van der Waals surface area contributed by atoms with E-state index in [1.165, 1.54) is 0 Å². The van der Waals surface area contributed by atoms with Crippen LogP contribution < -0.4 is 20.7 Å². The number of hydrogen-bond donors (Lipinski definition) is 2. The van der Waals surface area contributed by atoms with Gasteiger partial charge >= 0.3 is 0 Å². The fraction of sp³-hybridized carbons (Fsp3) is 0.125. The molecule has 6 nitrogen and oxygen atoms in total. The molecule has 0 aliphatic heterocycles. The second-order valence-electron chi connectivity index (χ2n) is 4.74. The number of nitrogens with zero attached hydrogens (tertiary/aromatic N) is 1. The lowest BCUT2D eigenvalue weighted by Gasteiger charge is -2.05. The van der Waals surface area contributed by atoms with Crippen LogP contribution in [0.25, 0.3) is 20.8 Å². The van der Waals surface area contributed by atoms with Crippen LogP contribution in [0.3, 0.4) is 0 Å². The number of hydrogen-bond acceptors (Lipinski definition) is 6. The van der Waals surface area contributed by atoms with Crippen molar-refractivity contribution in [1.29, 1.82) is 0 Å². The molecule has 118 valence electrons. The fourth-order valence-corrected chi connectivity index (χ4v) is 3.21. The first-order chi connectivity index (χ1) is 11.2. The average Bonchev–Trinajstić information content (AvgIpc) is 3.02. The lowest BCUT2D eigenvalue weighted by atomic mass is 10.1. The highest BCUT2D eigenvalue weighted by molar-refractivity contribution is 7.21. The highest BCUT2D eigenvalue weighted by atomic mass is 32.1. The summed E-state index contributed by atoms with van der Waals surface area (Å²) in [6, 6.07) is 10.9. The third-order valence-corrected chi connectivity index (χ3v) is 4.49. The number of thiazole rings is 1. The van der Waals surface area contributed by atoms with Gasteiger partial charge in [-0.05, 0) is 12.1 Å². The zero-order valence-electron chi connectivity index (χ0n) is 12.6. The summed E-state index contributed by atoms with van der Waals surface area (Å²) in [4.78, 5) is 16.1. The number of nitrogens with two attached hydrogens (primary N) is 1. The number of amides is 1. The number of nitrogen functional groups attached to an aromatic ring is 1. The van der Waals surface area contributed by atoms with Gasteiger partial charge in [0.25, 0.3) is 5.91 Å². The Labute approximate surface area is 136 Å². The Bertz CT molecular complexity index is 818. The Morgan fingerprint density at radius 1 is 1.13 bits per heavy atom. The van der Waals surface area contributed by atoms with Gasteiger partial charge in [0.15, 0.2) is 11.5 Å². The van der Waals surface area contributed by atoms with Crippen molar-refractivity contribution in [3.63, 3.8) is 0 Å². The molecule has 0 spiro atoms. The SMILES string of the molecule is COc1cc2nc(-c3ccc(C(=O)NN)cc3)sc2cc1OC. The van der Waals surface area contributed by atoms with Gasteiger partial charge < -0.3 is 9.47 Å². The molecule has 0 atom stereocenters. The van der Waals surface area contributed by atoms with Gasteiger partial charge in [-0.25, -0.2) is 10.8 Å². The summed E-state index contributed by atoms with van der Waals surface area (Å²) in [6.45, 7) is 0. The van der Waals surface area contributed by atoms with Crippen molar-refractivity contribution < 1.29 is 14.3 Å². The number of aromatic nitrogens is 1. The smallest absolute Gasteiger partial charge is 0.265 e. The highest BCUT2D eigenvalue weighted by Gasteiger charge is 2.12. The molecule has 7 heteroatoms. The Morgan fingerprint density at radius 3 is 2.39 bits per heavy atom. The van der Waals surface area contributed by atoms with Gasteiger partial charge in [-0.2, -0.15) is 0 Å². The van der Waals surface area contributed by atoms with Crippen LogP contribution >= 0.6 is 11.3 Å². The van der Waals surface area contributed by atoms with Gasteiger partial charge in [-0.15, -0.1) is 11.3 Å². The van der Waals surface area contributed by atoms with E-state index in [0.29, 0.717) is 17.1 Å². The van der Waals surface area contributed by atoms with E-state index in [1.807, 2.05) is 24.3 Å². The van der Waals surface area contributed by atoms with Crippen LogP contribution in [-0.2, 0) is 0 Å². The van der Waals surface area contributed by atoms with Crippen molar-refractivity contribution >= 4 is 27.5 Å². The quantitative estimate of drug-likeness (QED) is 0.436. The van der Waals surface area contributed by atoms with Gasteiger partial charge in [0, 0.05) is 23.3 Å². The summed E-state index contributed by atoms with van der Waals surface area (Å²) in [5.41, 5.74) is 4.38. The van der Waals surface area contributed by atoms with Crippen LogP contribution in [0, 0.1) is 0 Å². The van der Waals surface area contributed by atoms with Crippen LogP contribution in [0.2, 0.25) is 0 Å². The van der Waals surface area contributed by atoms with Gasteiger partial charge in [0.1, 0.15) is 5.01 Å². The lowest BCUT2D eigenvalue weighted by molar-refractivity contribution is 0.0953. The number of benzene rings is 2. The number of nitrogens with one attached hydrogen (secondary N) is 1. The topological polar surface area (TPSA) is 86.5 Å². The Kier molecular flexibility index (Phi) is 4.14. The molecular weight excluding hydrogens is 314 g/mol. The molecule has 3 N–H and O–H groups in total. The summed E-state index contributed by atoms with van der Waals surface area (Å²) in [6.07, 6.45) is 0. The zero-order chi connectivity index (χ0) is 16.4. The molecule has 0 fully saturated rings. The van der Waals surface area contributed by atoms with Crippen molar-refractivity contribution in [3.05, 3.63) is 42.0 Å². The van der Waals surface area contributed by atoms with Crippen molar-refractivity contribution in [2.75, 3.05) is 14.2 Å². The van der Waals surface area contributed by atoms with E-state index in [-0.39, 0.29) is 5.91 Å². The van der Waals surface area contributed by atoms with Crippen molar-refractivity contribution in [2.45, 2.75) is 0 Å². The van der Waals surface area contributed by atoms with E-state index in [2.05, 4.69) is 10.4 Å². The highest BCUT2D eigenvalue weighted by Crippen LogP contribution is 2.37. The third-order valence-electron chi connectivity index (χ3n) is 3.42. The Morgan fingerprint density at radius 2 is 1.78 bits per heavy atom.